The van der Waals surface area contributed by atoms with Gasteiger partial charge in [0.05, 0.1) is 21.5 Å². The second-order valence-electron chi connectivity index (χ2n) is 5.85. The summed E-state index contributed by atoms with van der Waals surface area (Å²) in [6.07, 6.45) is 4.49. The number of nitro benzene ring substituents is 1. The molecule has 8 nitrogen and oxygen atoms in total. The standard InChI is InChI=1S/C15H10Cl2F2N4O4S/c1-28(26,27)12-6-10-9(5-11(12)23(24)25)14(21-7-20-10)22(17)8-2-3-15(18,19)13(16)4-8/h2-7,13H,1H3. The van der Waals surface area contributed by atoms with Gasteiger partial charge in [-0.3, -0.25) is 10.1 Å². The number of anilines is 1. The number of alkyl halides is 3. The highest BCUT2D eigenvalue weighted by Gasteiger charge is 2.37. The molecule has 2 aromatic rings. The van der Waals surface area contributed by atoms with E-state index in [0.29, 0.717) is 6.08 Å². The normalized spacial score (nSPS) is 18.8. The van der Waals surface area contributed by atoms with Crippen LogP contribution >= 0.6 is 23.4 Å². The average molecular weight is 451 g/mol. The SMILES string of the molecule is CS(=O)(=O)c1cc2ncnc(N(Cl)C3=CC(Cl)C(F)(F)C=C3)c2cc1[N+](=O)[O-]. The molecule has 0 amide bonds. The van der Waals surface area contributed by atoms with E-state index in [4.69, 9.17) is 23.4 Å². The summed E-state index contributed by atoms with van der Waals surface area (Å²) in [5.74, 6) is -3.33. The molecule has 0 saturated heterocycles. The molecule has 1 heterocycles. The van der Waals surface area contributed by atoms with E-state index in [0.717, 1.165) is 41.3 Å². The van der Waals surface area contributed by atoms with E-state index >= 15 is 0 Å². The molecule has 28 heavy (non-hydrogen) atoms. The maximum Gasteiger partial charge on any atom is 0.288 e. The quantitative estimate of drug-likeness (QED) is 0.303. The maximum atomic E-state index is 13.5. The summed E-state index contributed by atoms with van der Waals surface area (Å²) in [5, 5.41) is 9.73. The Labute approximate surface area is 167 Å². The van der Waals surface area contributed by atoms with E-state index in [9.17, 15) is 27.3 Å². The van der Waals surface area contributed by atoms with Crippen LogP contribution in [0.15, 0.2) is 47.3 Å². The summed E-state index contributed by atoms with van der Waals surface area (Å²) in [4.78, 5) is 17.8. The fraction of sp³-hybridized carbons (Fsp3) is 0.200. The molecule has 3 rings (SSSR count). The molecule has 0 fully saturated rings. The van der Waals surface area contributed by atoms with Crippen molar-refractivity contribution in [3.8, 4) is 0 Å². The number of halogens is 4. The minimum atomic E-state index is -3.92. The smallest absolute Gasteiger partial charge is 0.258 e. The zero-order chi connectivity index (χ0) is 20.9. The first-order valence-corrected chi connectivity index (χ1v) is 10.1. The molecule has 0 radical (unpaired) electrons. The average Bonchev–Trinajstić information content (AvgIpc) is 2.61. The third-order valence-corrected chi connectivity index (χ3v) is 5.76. The Balaban J connectivity index is 2.19. The van der Waals surface area contributed by atoms with Crippen LogP contribution in [0.25, 0.3) is 10.9 Å². The summed E-state index contributed by atoms with van der Waals surface area (Å²) in [5.41, 5.74) is -0.566. The number of hydrogen-bond donors (Lipinski definition) is 0. The highest BCUT2D eigenvalue weighted by atomic mass is 35.5. The molecule has 1 aliphatic rings. The number of benzene rings is 1. The van der Waals surface area contributed by atoms with Crippen LogP contribution in [-0.2, 0) is 9.84 Å². The molecule has 1 aliphatic carbocycles. The van der Waals surface area contributed by atoms with Crippen LogP contribution < -0.4 is 4.42 Å². The first-order chi connectivity index (χ1) is 12.9. The van der Waals surface area contributed by atoms with Gasteiger partial charge in [0.25, 0.3) is 11.6 Å². The Bertz CT molecular complexity index is 1150. The van der Waals surface area contributed by atoms with Gasteiger partial charge in [-0.05, 0) is 24.3 Å². The molecule has 1 aromatic carbocycles. The number of nitro groups is 1. The van der Waals surface area contributed by atoms with E-state index in [1.165, 1.54) is 0 Å². The zero-order valence-corrected chi connectivity index (χ0v) is 16.2. The molecule has 0 saturated carbocycles. The minimum Gasteiger partial charge on any atom is -0.258 e. The molecular formula is C15H10Cl2F2N4O4S. The Morgan fingerprint density at radius 3 is 2.57 bits per heavy atom. The number of hydrogen-bond acceptors (Lipinski definition) is 7. The molecule has 0 bridgehead atoms. The van der Waals surface area contributed by atoms with Crippen LogP contribution in [0.2, 0.25) is 0 Å². The molecule has 0 aliphatic heterocycles. The van der Waals surface area contributed by atoms with E-state index in [2.05, 4.69) is 9.97 Å². The first kappa shape index (κ1) is 20.4. The van der Waals surface area contributed by atoms with Gasteiger partial charge in [-0.25, -0.2) is 22.8 Å². The van der Waals surface area contributed by atoms with Gasteiger partial charge in [0.15, 0.2) is 15.7 Å². The summed E-state index contributed by atoms with van der Waals surface area (Å²) < 4.78 is 51.6. The Hall–Kier alpha value is -2.37. The second kappa shape index (κ2) is 6.90. The lowest BCUT2D eigenvalue weighted by molar-refractivity contribution is -0.387. The monoisotopic (exact) mass is 450 g/mol. The number of nitrogens with zero attached hydrogens (tertiary/aromatic N) is 4. The Kier molecular flexibility index (Phi) is 5.02. The van der Waals surface area contributed by atoms with Gasteiger partial charge >= 0.3 is 0 Å². The van der Waals surface area contributed by atoms with Crippen LogP contribution in [0, 0.1) is 10.1 Å². The van der Waals surface area contributed by atoms with Gasteiger partial charge in [-0.15, -0.1) is 11.6 Å². The molecule has 1 atom stereocenters. The molecule has 0 N–H and O–H groups in total. The number of allylic oxidation sites excluding steroid dienone is 3. The Morgan fingerprint density at radius 2 is 2.00 bits per heavy atom. The summed E-state index contributed by atoms with van der Waals surface area (Å²) in [6, 6.07) is 2.00. The molecular weight excluding hydrogens is 441 g/mol. The van der Waals surface area contributed by atoms with E-state index in [1.54, 1.807) is 0 Å². The van der Waals surface area contributed by atoms with Gasteiger partial charge in [0.2, 0.25) is 0 Å². The third kappa shape index (κ3) is 3.64. The highest BCUT2D eigenvalue weighted by Crippen LogP contribution is 2.37. The van der Waals surface area contributed by atoms with Crippen molar-refractivity contribution < 1.29 is 22.1 Å². The van der Waals surface area contributed by atoms with Crippen LogP contribution in [0.1, 0.15) is 0 Å². The third-order valence-electron chi connectivity index (χ3n) is 3.86. The lowest BCUT2D eigenvalue weighted by Crippen LogP contribution is -2.29. The Morgan fingerprint density at radius 1 is 1.32 bits per heavy atom. The fourth-order valence-corrected chi connectivity index (χ4v) is 3.80. The van der Waals surface area contributed by atoms with Crippen LogP contribution in [0.3, 0.4) is 0 Å². The van der Waals surface area contributed by atoms with Crippen molar-refractivity contribution in [3.05, 3.63) is 52.5 Å². The number of rotatable bonds is 4. The van der Waals surface area contributed by atoms with Crippen molar-refractivity contribution in [3.63, 3.8) is 0 Å². The summed E-state index contributed by atoms with van der Waals surface area (Å²) >= 11 is 11.9. The number of aromatic nitrogens is 2. The van der Waals surface area contributed by atoms with Gasteiger partial charge in [0.1, 0.15) is 16.6 Å². The first-order valence-electron chi connectivity index (χ1n) is 7.44. The van der Waals surface area contributed by atoms with Crippen LogP contribution in [0.5, 0.6) is 0 Å². The van der Waals surface area contributed by atoms with Crippen molar-refractivity contribution in [1.82, 2.24) is 9.97 Å². The predicted octanol–water partition coefficient (Wildman–Crippen LogP) is 3.60. The van der Waals surface area contributed by atoms with Crippen molar-refractivity contribution in [2.75, 3.05) is 10.7 Å². The van der Waals surface area contributed by atoms with Crippen molar-refractivity contribution in [2.45, 2.75) is 16.2 Å². The highest BCUT2D eigenvalue weighted by molar-refractivity contribution is 7.90. The van der Waals surface area contributed by atoms with Gasteiger partial charge in [0, 0.05) is 24.1 Å². The minimum absolute atomic E-state index is 0.0503. The number of sulfone groups is 1. The van der Waals surface area contributed by atoms with Gasteiger partial charge in [-0.1, -0.05) is 0 Å². The van der Waals surface area contributed by atoms with Crippen molar-refractivity contribution in [1.29, 1.82) is 0 Å². The van der Waals surface area contributed by atoms with E-state index < -0.39 is 36.6 Å². The lowest BCUT2D eigenvalue weighted by atomic mass is 10.1. The molecule has 0 spiro atoms. The second-order valence-corrected chi connectivity index (χ2v) is 8.64. The summed E-state index contributed by atoms with van der Waals surface area (Å²) in [7, 11) is -3.92. The van der Waals surface area contributed by atoms with Gasteiger partial charge < -0.3 is 0 Å². The van der Waals surface area contributed by atoms with E-state index in [-0.39, 0.29) is 22.4 Å². The maximum absolute atomic E-state index is 13.5. The number of fused-ring (bicyclic) bond motifs is 1. The molecule has 148 valence electrons. The molecule has 13 heteroatoms. The molecule has 1 aromatic heterocycles. The lowest BCUT2D eigenvalue weighted by Gasteiger charge is -2.24. The zero-order valence-electron chi connectivity index (χ0n) is 13.9. The molecule has 1 unspecified atom stereocenters. The van der Waals surface area contributed by atoms with Crippen LogP contribution in [-0.4, -0.2) is 40.9 Å². The van der Waals surface area contributed by atoms with Crippen LogP contribution in [0.4, 0.5) is 20.3 Å². The predicted molar refractivity (Wildman–Crippen MR) is 99.4 cm³/mol. The fourth-order valence-electron chi connectivity index (χ4n) is 2.51. The van der Waals surface area contributed by atoms with Crippen molar-refractivity contribution in [2.24, 2.45) is 0 Å². The van der Waals surface area contributed by atoms with Crippen molar-refractivity contribution >= 4 is 55.6 Å². The van der Waals surface area contributed by atoms with Gasteiger partial charge in [-0.2, -0.15) is 8.78 Å². The summed E-state index contributed by atoms with van der Waals surface area (Å²) in [6.45, 7) is 0. The topological polar surface area (TPSA) is 106 Å². The van der Waals surface area contributed by atoms with E-state index in [1.807, 2.05) is 0 Å². The largest absolute Gasteiger partial charge is 0.288 e.